The van der Waals surface area contributed by atoms with Crippen molar-refractivity contribution in [3.8, 4) is 5.88 Å². The van der Waals surface area contributed by atoms with Crippen LogP contribution in [0, 0.1) is 5.92 Å². The minimum absolute atomic E-state index is 0.608. The number of carbonyl (C=O) groups is 1. The highest BCUT2D eigenvalue weighted by Crippen LogP contribution is 2.27. The Morgan fingerprint density at radius 3 is 2.76 bits per heavy atom. The van der Waals surface area contributed by atoms with Gasteiger partial charge in [-0.15, -0.1) is 0 Å². The number of nitrogens with zero attached hydrogens (tertiary/aromatic N) is 2. The number of hydrogen-bond acceptors (Lipinski definition) is 6. The summed E-state index contributed by atoms with van der Waals surface area (Å²) in [6.45, 7) is 2.82. The first kappa shape index (κ1) is 22.9. The number of methoxy groups -OCH3 is 1. The Bertz CT molecular complexity index is 1220. The summed E-state index contributed by atoms with van der Waals surface area (Å²) in [6, 6.07) is 12.3. The molecule has 0 radical (unpaired) electrons. The maximum absolute atomic E-state index is 10.3. The molecule has 7 heteroatoms. The summed E-state index contributed by atoms with van der Waals surface area (Å²) in [7, 11) is 3.61. The molecule has 33 heavy (non-hydrogen) atoms. The van der Waals surface area contributed by atoms with Gasteiger partial charge in [-0.3, -0.25) is 4.79 Å². The number of hydrogen-bond donors (Lipinski definition) is 3. The van der Waals surface area contributed by atoms with E-state index in [4.69, 9.17) is 4.74 Å². The molecule has 1 saturated carbocycles. The van der Waals surface area contributed by atoms with Gasteiger partial charge in [0.05, 0.1) is 12.8 Å². The second-order valence-electron chi connectivity index (χ2n) is 8.44. The Labute approximate surface area is 194 Å². The number of aromatic nitrogens is 3. The summed E-state index contributed by atoms with van der Waals surface area (Å²) in [5.41, 5.74) is 3.75. The van der Waals surface area contributed by atoms with Crippen LogP contribution in [0.25, 0.3) is 21.8 Å². The lowest BCUT2D eigenvalue weighted by Gasteiger charge is -2.25. The van der Waals surface area contributed by atoms with Gasteiger partial charge in [0.25, 0.3) is 0 Å². The normalized spacial score (nSPS) is 13.4. The van der Waals surface area contributed by atoms with E-state index in [1.54, 1.807) is 25.6 Å². The second kappa shape index (κ2) is 11.0. The third kappa shape index (κ3) is 5.74. The molecule has 0 aliphatic heterocycles. The molecule has 5 rings (SSSR count). The van der Waals surface area contributed by atoms with Crippen molar-refractivity contribution in [2.75, 3.05) is 20.7 Å². The van der Waals surface area contributed by atoms with Gasteiger partial charge >= 0.3 is 0 Å². The van der Waals surface area contributed by atoms with Crippen molar-refractivity contribution < 1.29 is 9.53 Å². The van der Waals surface area contributed by atoms with Gasteiger partial charge in [-0.25, -0.2) is 9.97 Å². The highest BCUT2D eigenvalue weighted by atomic mass is 16.5. The van der Waals surface area contributed by atoms with E-state index in [0.29, 0.717) is 11.4 Å². The molecule has 1 aliphatic rings. The molecule has 0 amide bonds. The molecule has 0 unspecified atom stereocenters. The highest BCUT2D eigenvalue weighted by molar-refractivity contribution is 5.88. The van der Waals surface area contributed by atoms with Crippen LogP contribution in [0.15, 0.2) is 48.8 Å². The molecule has 3 aromatic heterocycles. The topological polar surface area (TPSA) is 91.9 Å². The molecule has 0 bridgehead atoms. The molecule has 172 valence electrons. The van der Waals surface area contributed by atoms with Crippen molar-refractivity contribution in [2.24, 2.45) is 5.92 Å². The molecule has 1 aliphatic carbocycles. The van der Waals surface area contributed by atoms with Crippen molar-refractivity contribution in [1.82, 2.24) is 25.6 Å². The maximum Gasteiger partial charge on any atom is 0.221 e. The van der Waals surface area contributed by atoms with E-state index in [1.807, 2.05) is 13.1 Å². The number of ether oxygens (including phenoxy) is 1. The van der Waals surface area contributed by atoms with E-state index in [2.05, 4.69) is 49.9 Å². The highest BCUT2D eigenvalue weighted by Gasteiger charge is 2.16. The van der Waals surface area contributed by atoms with Crippen LogP contribution in [0.1, 0.15) is 40.9 Å². The lowest BCUT2D eigenvalue weighted by molar-refractivity contribution is 0.112. The molecular weight excluding hydrogens is 414 g/mol. The smallest absolute Gasteiger partial charge is 0.221 e. The molecule has 3 heterocycles. The van der Waals surface area contributed by atoms with E-state index >= 15 is 0 Å². The Morgan fingerprint density at radius 1 is 1.15 bits per heavy atom. The molecule has 3 N–H and O–H groups in total. The first-order valence-corrected chi connectivity index (χ1v) is 11.4. The standard InChI is InChI=1S/C18H25N3O.C8H6N2O/c1-19-12-16-9-15-8-14(11-20-10-13-4-3-5-13)6-7-17(15)18(21-16)22-2;11-5-6-3-7-1-2-9-8(7)10-4-6/h6-9,13,19-20H,3-5,10-12H2,1-2H3;1-5H,(H,9,10). The van der Waals surface area contributed by atoms with Crippen LogP contribution >= 0.6 is 0 Å². The molecule has 1 aromatic carbocycles. The monoisotopic (exact) mass is 445 g/mol. The molecule has 0 spiro atoms. The third-order valence-corrected chi connectivity index (χ3v) is 6.01. The van der Waals surface area contributed by atoms with Gasteiger partial charge in [0, 0.05) is 41.8 Å². The van der Waals surface area contributed by atoms with Gasteiger partial charge in [-0.1, -0.05) is 12.5 Å². The number of rotatable bonds is 8. The van der Waals surface area contributed by atoms with Gasteiger partial charge in [0.15, 0.2) is 6.29 Å². The van der Waals surface area contributed by atoms with Crippen LogP contribution in [-0.4, -0.2) is 41.9 Å². The number of carbonyl (C=O) groups excluding carboxylic acids is 1. The molecule has 0 saturated heterocycles. The number of H-pyrrole nitrogens is 1. The van der Waals surface area contributed by atoms with Crippen molar-refractivity contribution in [1.29, 1.82) is 0 Å². The maximum atomic E-state index is 10.3. The number of aromatic amines is 1. The number of benzene rings is 1. The third-order valence-electron chi connectivity index (χ3n) is 6.01. The fraction of sp³-hybridized carbons (Fsp3) is 0.346. The molecular formula is C26H31N5O2. The largest absolute Gasteiger partial charge is 0.481 e. The molecule has 1 fully saturated rings. The van der Waals surface area contributed by atoms with Gasteiger partial charge < -0.3 is 20.4 Å². The summed E-state index contributed by atoms with van der Waals surface area (Å²) >= 11 is 0. The van der Waals surface area contributed by atoms with Crippen LogP contribution in [0.5, 0.6) is 5.88 Å². The summed E-state index contributed by atoms with van der Waals surface area (Å²) in [5, 5.41) is 9.96. The van der Waals surface area contributed by atoms with Crippen molar-refractivity contribution >= 4 is 28.1 Å². The lowest BCUT2D eigenvalue weighted by Crippen LogP contribution is -2.26. The van der Waals surface area contributed by atoms with Crippen molar-refractivity contribution in [3.05, 3.63) is 65.6 Å². The van der Waals surface area contributed by atoms with E-state index in [0.717, 1.165) is 54.0 Å². The Morgan fingerprint density at radius 2 is 2.03 bits per heavy atom. The van der Waals surface area contributed by atoms with Gasteiger partial charge in [0.1, 0.15) is 5.65 Å². The summed E-state index contributed by atoms with van der Waals surface area (Å²) in [4.78, 5) is 21.8. The summed E-state index contributed by atoms with van der Waals surface area (Å²) < 4.78 is 5.43. The fourth-order valence-corrected chi connectivity index (χ4v) is 4.00. The van der Waals surface area contributed by atoms with Crippen LogP contribution in [0.2, 0.25) is 0 Å². The minimum Gasteiger partial charge on any atom is -0.481 e. The Balaban J connectivity index is 0.000000196. The zero-order valence-corrected chi connectivity index (χ0v) is 19.2. The average molecular weight is 446 g/mol. The quantitative estimate of drug-likeness (QED) is 0.352. The average Bonchev–Trinajstić information content (AvgIpc) is 3.28. The van der Waals surface area contributed by atoms with Crippen molar-refractivity contribution in [3.63, 3.8) is 0 Å². The zero-order chi connectivity index (χ0) is 23.0. The minimum atomic E-state index is 0.608. The number of nitrogens with one attached hydrogen (secondary N) is 3. The Kier molecular flexibility index (Phi) is 7.65. The summed E-state index contributed by atoms with van der Waals surface area (Å²) in [5.74, 6) is 1.60. The summed E-state index contributed by atoms with van der Waals surface area (Å²) in [6.07, 6.45) is 8.32. The van der Waals surface area contributed by atoms with Crippen molar-refractivity contribution in [2.45, 2.75) is 32.4 Å². The lowest BCUT2D eigenvalue weighted by atomic mass is 9.85. The van der Waals surface area contributed by atoms with Crippen LogP contribution in [0.4, 0.5) is 0 Å². The molecule has 4 aromatic rings. The predicted octanol–water partition coefficient (Wildman–Crippen LogP) is 4.23. The van der Waals surface area contributed by atoms with Gasteiger partial charge in [0.2, 0.25) is 5.88 Å². The number of aldehydes is 1. The van der Waals surface area contributed by atoms with E-state index in [1.165, 1.54) is 30.2 Å². The Hall–Kier alpha value is -3.29. The first-order chi connectivity index (χ1) is 16.2. The molecule has 0 atom stereocenters. The van der Waals surface area contributed by atoms with Gasteiger partial charge in [-0.05, 0) is 73.6 Å². The first-order valence-electron chi connectivity index (χ1n) is 11.4. The van der Waals surface area contributed by atoms with E-state index in [9.17, 15) is 4.79 Å². The fourth-order valence-electron chi connectivity index (χ4n) is 4.00. The zero-order valence-electron chi connectivity index (χ0n) is 19.2. The van der Waals surface area contributed by atoms with Crippen LogP contribution < -0.4 is 15.4 Å². The van der Waals surface area contributed by atoms with E-state index in [-0.39, 0.29) is 0 Å². The second-order valence-corrected chi connectivity index (χ2v) is 8.44. The predicted molar refractivity (Wildman–Crippen MR) is 132 cm³/mol. The van der Waals surface area contributed by atoms with E-state index < -0.39 is 0 Å². The number of pyridine rings is 2. The SMILES string of the molecule is CNCc1cc2cc(CNCC3CCC3)ccc2c(OC)n1.O=Cc1cnc2[nH]ccc2c1. The number of fused-ring (bicyclic) bond motifs is 2. The van der Waals surface area contributed by atoms with Crippen LogP contribution in [-0.2, 0) is 13.1 Å². The van der Waals surface area contributed by atoms with Gasteiger partial charge in [-0.2, -0.15) is 0 Å². The molecule has 7 nitrogen and oxygen atoms in total. The van der Waals surface area contributed by atoms with Crippen LogP contribution in [0.3, 0.4) is 0 Å².